The molecule has 1 N–H and O–H groups in total. The topological polar surface area (TPSA) is 114 Å². The minimum Gasteiger partial charge on any atom is -0.490 e. The fraction of sp³-hybridized carbons (Fsp3) is 0.154. The third-order valence-corrected chi connectivity index (χ3v) is 5.44. The predicted octanol–water partition coefficient (Wildman–Crippen LogP) is 6.19. The standard InChI is InChI=1S/C26H22BrN3O5/c1-3-34-24-14-19(12-20(15-28)26(31)29-21-8-4-17(2)5-9-21)13-23(27)25(24)35-16-18-6-10-22(11-7-18)30(32)33/h4-14H,3,16H2,1-2H3,(H,29,31)/b20-12-. The van der Waals surface area contributed by atoms with E-state index in [4.69, 9.17) is 9.47 Å². The molecule has 0 aliphatic carbocycles. The number of nitro groups is 1. The highest BCUT2D eigenvalue weighted by Gasteiger charge is 2.15. The van der Waals surface area contributed by atoms with Crippen LogP contribution in [0.3, 0.4) is 0 Å². The van der Waals surface area contributed by atoms with Gasteiger partial charge in [-0.2, -0.15) is 5.26 Å². The Morgan fingerprint density at radius 1 is 1.14 bits per heavy atom. The van der Waals surface area contributed by atoms with E-state index in [0.29, 0.717) is 33.8 Å². The van der Waals surface area contributed by atoms with Crippen molar-refractivity contribution in [3.8, 4) is 17.6 Å². The molecule has 3 aromatic carbocycles. The zero-order valence-electron chi connectivity index (χ0n) is 19.1. The van der Waals surface area contributed by atoms with Crippen molar-refractivity contribution in [2.45, 2.75) is 20.5 Å². The summed E-state index contributed by atoms with van der Waals surface area (Å²) >= 11 is 3.47. The summed E-state index contributed by atoms with van der Waals surface area (Å²) in [6.45, 7) is 4.30. The van der Waals surface area contributed by atoms with E-state index in [1.54, 1.807) is 36.4 Å². The number of halogens is 1. The number of hydrogen-bond acceptors (Lipinski definition) is 6. The Kier molecular flexibility index (Phi) is 8.59. The van der Waals surface area contributed by atoms with Crippen molar-refractivity contribution in [3.63, 3.8) is 0 Å². The first-order chi connectivity index (χ1) is 16.8. The Morgan fingerprint density at radius 3 is 2.43 bits per heavy atom. The number of carbonyl (C=O) groups excluding carboxylic acids is 1. The number of benzene rings is 3. The first kappa shape index (κ1) is 25.5. The molecule has 0 radical (unpaired) electrons. The van der Waals surface area contributed by atoms with Crippen molar-refractivity contribution in [3.05, 3.63) is 97.5 Å². The highest BCUT2D eigenvalue weighted by Crippen LogP contribution is 2.38. The summed E-state index contributed by atoms with van der Waals surface area (Å²) in [5.74, 6) is 0.333. The van der Waals surface area contributed by atoms with E-state index in [2.05, 4.69) is 21.2 Å². The van der Waals surface area contributed by atoms with E-state index in [-0.39, 0.29) is 17.9 Å². The smallest absolute Gasteiger partial charge is 0.269 e. The van der Waals surface area contributed by atoms with Crippen LogP contribution in [0.25, 0.3) is 6.08 Å². The minimum absolute atomic E-state index is 0.000730. The Morgan fingerprint density at radius 2 is 1.83 bits per heavy atom. The fourth-order valence-electron chi connectivity index (χ4n) is 3.09. The van der Waals surface area contributed by atoms with Gasteiger partial charge in [0.05, 0.1) is 16.0 Å². The van der Waals surface area contributed by atoms with Crippen LogP contribution in [0.4, 0.5) is 11.4 Å². The summed E-state index contributed by atoms with van der Waals surface area (Å²) in [5.41, 5.74) is 2.89. The van der Waals surface area contributed by atoms with Crippen LogP contribution in [-0.4, -0.2) is 17.4 Å². The Balaban J connectivity index is 1.81. The van der Waals surface area contributed by atoms with E-state index in [1.807, 2.05) is 32.0 Å². The van der Waals surface area contributed by atoms with Crippen LogP contribution in [0.1, 0.15) is 23.6 Å². The number of non-ortho nitro benzene ring substituents is 1. The normalized spacial score (nSPS) is 10.9. The average molecular weight is 536 g/mol. The molecule has 8 nitrogen and oxygen atoms in total. The van der Waals surface area contributed by atoms with Gasteiger partial charge in [0, 0.05) is 17.8 Å². The summed E-state index contributed by atoms with van der Waals surface area (Å²) < 4.78 is 12.2. The minimum atomic E-state index is -0.524. The van der Waals surface area contributed by atoms with Crippen LogP contribution >= 0.6 is 15.9 Å². The number of amides is 1. The lowest BCUT2D eigenvalue weighted by atomic mass is 10.1. The molecule has 0 saturated carbocycles. The number of carbonyl (C=O) groups is 1. The van der Waals surface area contributed by atoms with Crippen LogP contribution in [0.5, 0.6) is 11.5 Å². The molecule has 0 aromatic heterocycles. The van der Waals surface area contributed by atoms with Crippen molar-refractivity contribution < 1.29 is 19.2 Å². The summed E-state index contributed by atoms with van der Waals surface area (Å²) in [4.78, 5) is 23.0. The van der Waals surface area contributed by atoms with E-state index in [9.17, 15) is 20.2 Å². The molecule has 0 bridgehead atoms. The van der Waals surface area contributed by atoms with Gasteiger partial charge in [0.15, 0.2) is 11.5 Å². The third-order valence-electron chi connectivity index (χ3n) is 4.85. The lowest BCUT2D eigenvalue weighted by Gasteiger charge is -2.15. The zero-order chi connectivity index (χ0) is 25.4. The maximum atomic E-state index is 12.6. The molecule has 0 spiro atoms. The largest absolute Gasteiger partial charge is 0.490 e. The lowest BCUT2D eigenvalue weighted by Crippen LogP contribution is -2.13. The fourth-order valence-corrected chi connectivity index (χ4v) is 3.67. The third kappa shape index (κ3) is 6.91. The predicted molar refractivity (Wildman–Crippen MR) is 136 cm³/mol. The highest BCUT2D eigenvalue weighted by molar-refractivity contribution is 9.10. The van der Waals surface area contributed by atoms with Crippen molar-refractivity contribution in [2.75, 3.05) is 11.9 Å². The van der Waals surface area contributed by atoms with Gasteiger partial charge < -0.3 is 14.8 Å². The molecule has 9 heteroatoms. The molecule has 0 heterocycles. The maximum Gasteiger partial charge on any atom is 0.269 e. The van der Waals surface area contributed by atoms with Gasteiger partial charge in [0.2, 0.25) is 0 Å². The monoisotopic (exact) mass is 535 g/mol. The van der Waals surface area contributed by atoms with Crippen LogP contribution in [0.15, 0.2) is 70.7 Å². The molecule has 1 amide bonds. The zero-order valence-corrected chi connectivity index (χ0v) is 20.7. The molecular weight excluding hydrogens is 514 g/mol. The summed E-state index contributed by atoms with van der Waals surface area (Å²) in [7, 11) is 0. The molecule has 3 aromatic rings. The van der Waals surface area contributed by atoms with Gasteiger partial charge in [-0.3, -0.25) is 14.9 Å². The van der Waals surface area contributed by atoms with Crippen LogP contribution < -0.4 is 14.8 Å². The number of nitrogens with zero attached hydrogens (tertiary/aromatic N) is 2. The quantitative estimate of drug-likeness (QED) is 0.151. The Bertz CT molecular complexity index is 1300. The number of nitro benzene ring substituents is 1. The maximum absolute atomic E-state index is 12.6. The number of anilines is 1. The van der Waals surface area contributed by atoms with E-state index in [0.717, 1.165) is 11.1 Å². The molecule has 0 aliphatic heterocycles. The molecule has 0 atom stereocenters. The number of hydrogen-bond donors (Lipinski definition) is 1. The van der Waals surface area contributed by atoms with Gasteiger partial charge in [0.25, 0.3) is 11.6 Å². The van der Waals surface area contributed by atoms with Gasteiger partial charge in [-0.15, -0.1) is 0 Å². The van der Waals surface area contributed by atoms with Crippen molar-refractivity contribution >= 4 is 39.3 Å². The summed E-state index contributed by atoms with van der Waals surface area (Å²) in [6, 6.07) is 18.7. The molecule has 0 unspecified atom stereocenters. The van der Waals surface area contributed by atoms with Gasteiger partial charge in [-0.05, 0) is 83.4 Å². The van der Waals surface area contributed by atoms with Crippen LogP contribution in [0, 0.1) is 28.4 Å². The SMILES string of the molecule is CCOc1cc(/C=C(/C#N)C(=O)Nc2ccc(C)cc2)cc(Br)c1OCc1ccc([N+](=O)[O-])cc1. The second-order valence-electron chi connectivity index (χ2n) is 7.47. The molecule has 0 saturated heterocycles. The average Bonchev–Trinajstić information content (AvgIpc) is 2.83. The number of rotatable bonds is 9. The second kappa shape index (κ2) is 11.8. The van der Waals surface area contributed by atoms with Crippen molar-refractivity contribution in [2.24, 2.45) is 0 Å². The van der Waals surface area contributed by atoms with Gasteiger partial charge in [0.1, 0.15) is 18.2 Å². The number of nitrogens with one attached hydrogen (secondary N) is 1. The molecule has 3 rings (SSSR count). The Hall–Kier alpha value is -4.16. The van der Waals surface area contributed by atoms with E-state index >= 15 is 0 Å². The van der Waals surface area contributed by atoms with Crippen LogP contribution in [-0.2, 0) is 11.4 Å². The molecule has 35 heavy (non-hydrogen) atoms. The number of nitriles is 1. The van der Waals surface area contributed by atoms with E-state index < -0.39 is 10.8 Å². The summed E-state index contributed by atoms with van der Waals surface area (Å²) in [5, 5.41) is 23.1. The molecule has 0 fully saturated rings. The second-order valence-corrected chi connectivity index (χ2v) is 8.32. The highest BCUT2D eigenvalue weighted by atomic mass is 79.9. The van der Waals surface area contributed by atoms with Crippen molar-refractivity contribution in [1.82, 2.24) is 0 Å². The van der Waals surface area contributed by atoms with Crippen molar-refractivity contribution in [1.29, 1.82) is 5.26 Å². The lowest BCUT2D eigenvalue weighted by molar-refractivity contribution is -0.384. The van der Waals surface area contributed by atoms with Crippen LogP contribution in [0.2, 0.25) is 0 Å². The summed E-state index contributed by atoms with van der Waals surface area (Å²) in [6.07, 6.45) is 1.47. The van der Waals surface area contributed by atoms with Gasteiger partial charge >= 0.3 is 0 Å². The first-order valence-corrected chi connectivity index (χ1v) is 11.4. The van der Waals surface area contributed by atoms with Gasteiger partial charge in [-0.1, -0.05) is 17.7 Å². The molecule has 0 aliphatic rings. The molecule has 178 valence electrons. The number of aryl methyl sites for hydroxylation is 1. The van der Waals surface area contributed by atoms with Gasteiger partial charge in [-0.25, -0.2) is 0 Å². The first-order valence-electron chi connectivity index (χ1n) is 10.6. The number of ether oxygens (including phenoxy) is 2. The van der Waals surface area contributed by atoms with E-state index in [1.165, 1.54) is 18.2 Å². The molecular formula is C26H22BrN3O5. The Labute approximate surface area is 211 Å².